The van der Waals surface area contributed by atoms with Gasteiger partial charge in [0.05, 0.1) is 22.6 Å². The van der Waals surface area contributed by atoms with Crippen molar-refractivity contribution in [3.8, 4) is 0 Å². The van der Waals surface area contributed by atoms with E-state index >= 15 is 0 Å². The number of aromatic nitrogens is 2. The van der Waals surface area contributed by atoms with Crippen molar-refractivity contribution in [1.29, 1.82) is 0 Å². The molecule has 1 aliphatic heterocycles. The molecule has 3 heterocycles. The van der Waals surface area contributed by atoms with Crippen LogP contribution >= 0.6 is 11.3 Å². The monoisotopic (exact) mass is 362 g/mol. The SMILES string of the molecule is COC(=O)c1cnc(N2CCC(c3nc(C)cs3)CC2)c([N+](=O)[O-])c1. The standard InChI is InChI=1S/C16H18N4O4S/c1-10-9-25-15(18-10)11-3-5-19(6-4-11)14-13(20(22)23)7-12(8-17-14)16(21)24-2/h7-9,11H,3-6H2,1-2H3. The number of thiazole rings is 1. The number of hydrogen-bond acceptors (Lipinski definition) is 8. The van der Waals surface area contributed by atoms with E-state index in [-0.39, 0.29) is 11.3 Å². The fraction of sp³-hybridized carbons (Fsp3) is 0.438. The van der Waals surface area contributed by atoms with E-state index in [9.17, 15) is 14.9 Å². The molecule has 25 heavy (non-hydrogen) atoms. The lowest BCUT2D eigenvalue weighted by Crippen LogP contribution is -2.34. The molecule has 2 aromatic rings. The summed E-state index contributed by atoms with van der Waals surface area (Å²) in [5.74, 6) is 0.0368. The largest absolute Gasteiger partial charge is 0.465 e. The van der Waals surface area contributed by atoms with Gasteiger partial charge < -0.3 is 9.64 Å². The first kappa shape index (κ1) is 17.3. The van der Waals surface area contributed by atoms with Crippen LogP contribution in [0.1, 0.15) is 39.8 Å². The van der Waals surface area contributed by atoms with Gasteiger partial charge in [-0.3, -0.25) is 10.1 Å². The molecule has 0 atom stereocenters. The second-order valence-corrected chi connectivity index (χ2v) is 6.79. The Kier molecular flexibility index (Phi) is 4.93. The summed E-state index contributed by atoms with van der Waals surface area (Å²) in [6.07, 6.45) is 3.06. The molecule has 1 saturated heterocycles. The van der Waals surface area contributed by atoms with E-state index in [4.69, 9.17) is 0 Å². The number of carbonyl (C=O) groups is 1. The molecule has 2 aromatic heterocycles. The number of hydrogen-bond donors (Lipinski definition) is 0. The molecule has 8 nitrogen and oxygen atoms in total. The molecule has 3 rings (SSSR count). The van der Waals surface area contributed by atoms with Gasteiger partial charge >= 0.3 is 11.7 Å². The number of pyridine rings is 1. The number of nitrogens with zero attached hydrogens (tertiary/aromatic N) is 4. The first-order chi connectivity index (χ1) is 12.0. The first-order valence-corrected chi connectivity index (χ1v) is 8.77. The Balaban J connectivity index is 1.78. The molecule has 0 N–H and O–H groups in total. The van der Waals surface area contributed by atoms with Crippen LogP contribution in [0, 0.1) is 17.0 Å². The molecule has 132 valence electrons. The van der Waals surface area contributed by atoms with Crippen LogP contribution < -0.4 is 4.90 Å². The number of methoxy groups -OCH3 is 1. The smallest absolute Gasteiger partial charge is 0.339 e. The lowest BCUT2D eigenvalue weighted by atomic mass is 9.97. The summed E-state index contributed by atoms with van der Waals surface area (Å²) in [6, 6.07) is 1.23. The maximum Gasteiger partial charge on any atom is 0.339 e. The van der Waals surface area contributed by atoms with E-state index in [1.807, 2.05) is 17.2 Å². The Labute approximate surface area is 148 Å². The van der Waals surface area contributed by atoms with E-state index in [0.717, 1.165) is 23.5 Å². The van der Waals surface area contributed by atoms with Crippen molar-refractivity contribution >= 4 is 28.8 Å². The molecule has 0 radical (unpaired) electrons. The van der Waals surface area contributed by atoms with Gasteiger partial charge in [-0.15, -0.1) is 11.3 Å². The maximum absolute atomic E-state index is 11.6. The third-order valence-electron chi connectivity index (χ3n) is 4.25. The van der Waals surface area contributed by atoms with Gasteiger partial charge in [0.15, 0.2) is 0 Å². The zero-order valence-corrected chi connectivity index (χ0v) is 14.8. The fourth-order valence-corrected chi connectivity index (χ4v) is 3.92. The minimum absolute atomic E-state index is 0.0751. The van der Waals surface area contributed by atoms with Gasteiger partial charge in [0, 0.05) is 42.3 Å². The molecule has 0 aliphatic carbocycles. The third-order valence-corrected chi connectivity index (χ3v) is 5.37. The summed E-state index contributed by atoms with van der Waals surface area (Å²) >= 11 is 1.66. The number of esters is 1. The Morgan fingerprint density at radius 2 is 2.16 bits per heavy atom. The zero-order chi connectivity index (χ0) is 18.0. The highest BCUT2D eigenvalue weighted by Crippen LogP contribution is 2.34. The summed E-state index contributed by atoms with van der Waals surface area (Å²) in [5.41, 5.74) is 0.927. The quantitative estimate of drug-likeness (QED) is 0.468. The van der Waals surface area contributed by atoms with E-state index in [2.05, 4.69) is 14.7 Å². The van der Waals surface area contributed by atoms with Crippen LogP contribution in [0.2, 0.25) is 0 Å². The van der Waals surface area contributed by atoms with Crippen LogP contribution in [-0.2, 0) is 4.74 Å². The lowest BCUT2D eigenvalue weighted by Gasteiger charge is -2.31. The van der Waals surface area contributed by atoms with Gasteiger partial charge in [-0.25, -0.2) is 14.8 Å². The molecule has 9 heteroatoms. The van der Waals surface area contributed by atoms with Crippen LogP contribution in [0.15, 0.2) is 17.6 Å². The van der Waals surface area contributed by atoms with E-state index in [0.29, 0.717) is 24.8 Å². The molecule has 1 fully saturated rings. The van der Waals surface area contributed by atoms with Gasteiger partial charge in [0.25, 0.3) is 0 Å². The number of ether oxygens (including phenoxy) is 1. The number of rotatable bonds is 4. The van der Waals surface area contributed by atoms with Crippen molar-refractivity contribution in [3.63, 3.8) is 0 Å². The van der Waals surface area contributed by atoms with Crippen molar-refractivity contribution in [2.24, 2.45) is 0 Å². The Bertz CT molecular complexity index is 799. The van der Waals surface area contributed by atoms with Crippen LogP contribution in [0.25, 0.3) is 0 Å². The van der Waals surface area contributed by atoms with Crippen molar-refractivity contribution in [2.45, 2.75) is 25.7 Å². The van der Waals surface area contributed by atoms with Crippen molar-refractivity contribution in [3.05, 3.63) is 44.0 Å². The van der Waals surface area contributed by atoms with Crippen molar-refractivity contribution in [1.82, 2.24) is 9.97 Å². The second-order valence-electron chi connectivity index (χ2n) is 5.90. The van der Waals surface area contributed by atoms with Gasteiger partial charge in [0.1, 0.15) is 0 Å². The highest BCUT2D eigenvalue weighted by molar-refractivity contribution is 7.09. The predicted octanol–water partition coefficient (Wildman–Crippen LogP) is 2.93. The number of anilines is 1. The summed E-state index contributed by atoms with van der Waals surface area (Å²) < 4.78 is 4.60. The van der Waals surface area contributed by atoms with E-state index in [1.165, 1.54) is 19.4 Å². The van der Waals surface area contributed by atoms with Gasteiger partial charge in [0.2, 0.25) is 5.82 Å². The minimum Gasteiger partial charge on any atom is -0.465 e. The molecule has 0 bridgehead atoms. The molecule has 1 aliphatic rings. The molecule has 0 spiro atoms. The Morgan fingerprint density at radius 3 is 2.72 bits per heavy atom. The van der Waals surface area contributed by atoms with Crippen molar-refractivity contribution in [2.75, 3.05) is 25.1 Å². The minimum atomic E-state index is -0.639. The molecular weight excluding hydrogens is 344 g/mol. The van der Waals surface area contributed by atoms with Gasteiger partial charge in [-0.05, 0) is 19.8 Å². The number of piperidine rings is 1. The average molecular weight is 362 g/mol. The average Bonchev–Trinajstić information content (AvgIpc) is 3.07. The van der Waals surface area contributed by atoms with Gasteiger partial charge in [-0.1, -0.05) is 0 Å². The lowest BCUT2D eigenvalue weighted by molar-refractivity contribution is -0.384. The topological polar surface area (TPSA) is 98.5 Å². The maximum atomic E-state index is 11.6. The van der Waals surface area contributed by atoms with Crippen molar-refractivity contribution < 1.29 is 14.5 Å². The van der Waals surface area contributed by atoms with Gasteiger partial charge in [-0.2, -0.15) is 0 Å². The summed E-state index contributed by atoms with van der Waals surface area (Å²) in [5, 5.41) is 14.6. The molecule has 0 amide bonds. The fourth-order valence-electron chi connectivity index (χ4n) is 2.95. The number of aryl methyl sites for hydroxylation is 1. The van der Waals surface area contributed by atoms with Crippen LogP contribution in [0.3, 0.4) is 0 Å². The Morgan fingerprint density at radius 1 is 1.44 bits per heavy atom. The third kappa shape index (κ3) is 3.60. The zero-order valence-electron chi connectivity index (χ0n) is 14.0. The van der Waals surface area contributed by atoms with E-state index < -0.39 is 10.9 Å². The normalized spacial score (nSPS) is 15.2. The summed E-state index contributed by atoms with van der Waals surface area (Å²) in [6.45, 7) is 3.30. The summed E-state index contributed by atoms with van der Waals surface area (Å²) in [4.78, 5) is 33.1. The number of carbonyl (C=O) groups excluding carboxylic acids is 1. The molecule has 0 unspecified atom stereocenters. The highest BCUT2D eigenvalue weighted by Gasteiger charge is 2.29. The molecule has 0 aromatic carbocycles. The summed E-state index contributed by atoms with van der Waals surface area (Å²) in [7, 11) is 1.23. The predicted molar refractivity (Wildman–Crippen MR) is 93.3 cm³/mol. The van der Waals surface area contributed by atoms with Crippen LogP contribution in [-0.4, -0.2) is 41.1 Å². The Hall–Kier alpha value is -2.55. The first-order valence-electron chi connectivity index (χ1n) is 7.89. The molecule has 0 saturated carbocycles. The van der Waals surface area contributed by atoms with Crippen LogP contribution in [0.5, 0.6) is 0 Å². The second kappa shape index (κ2) is 7.14. The highest BCUT2D eigenvalue weighted by atomic mass is 32.1. The van der Waals surface area contributed by atoms with E-state index in [1.54, 1.807) is 11.3 Å². The molecular formula is C16H18N4O4S. The van der Waals surface area contributed by atoms with Crippen LogP contribution in [0.4, 0.5) is 11.5 Å². The number of nitro groups is 1.